The number of benzene rings is 2. The van der Waals surface area contributed by atoms with Crippen molar-refractivity contribution in [3.8, 4) is 5.69 Å². The lowest BCUT2D eigenvalue weighted by molar-refractivity contribution is -0.223. The second-order valence-electron chi connectivity index (χ2n) is 12.3. The highest BCUT2D eigenvalue weighted by Crippen LogP contribution is 2.45. The van der Waals surface area contributed by atoms with Gasteiger partial charge in [-0.05, 0) is 71.1 Å². The molecule has 0 radical (unpaired) electrons. The first-order valence-electron chi connectivity index (χ1n) is 14.0. The van der Waals surface area contributed by atoms with Gasteiger partial charge in [0.25, 0.3) is 0 Å². The van der Waals surface area contributed by atoms with Gasteiger partial charge in [-0.1, -0.05) is 24.3 Å². The van der Waals surface area contributed by atoms with Crippen molar-refractivity contribution in [1.29, 1.82) is 0 Å². The maximum absolute atomic E-state index is 15.4. The molecule has 2 aromatic carbocycles. The molecule has 0 aliphatic carbocycles. The fourth-order valence-corrected chi connectivity index (χ4v) is 6.80. The van der Waals surface area contributed by atoms with Crippen LogP contribution in [0, 0.1) is 11.7 Å². The Hall–Kier alpha value is -2.89. The summed E-state index contributed by atoms with van der Waals surface area (Å²) in [6, 6.07) is 10.6. The Morgan fingerprint density at radius 1 is 1.27 bits per heavy atom. The molecule has 1 amide bonds. The standard InChI is InChI=1S/C30H41FN6O3/c1-29(2)15-22(30(3,4)37(29)40-5)28(39)33-16-20-9-7-11-24(34-20)18-12-13-25(23(31)14-18)36-17-19-8-6-10-21(27(32)38)26(19)35-36/h6,8,10,12-14,17,20,22,24,27,34,38H,7,9,11,15-16,32H2,1-5H3,(H,33,39). The lowest BCUT2D eigenvalue weighted by atomic mass is 9.86. The number of carbonyl (C=O) groups excluding carboxylic acids is 1. The van der Waals surface area contributed by atoms with Crippen LogP contribution in [0.15, 0.2) is 42.6 Å². The molecule has 0 bridgehead atoms. The number of fused-ring (bicyclic) bond motifs is 1. The molecule has 5 rings (SSSR count). The van der Waals surface area contributed by atoms with E-state index in [1.165, 1.54) is 4.68 Å². The minimum atomic E-state index is -1.16. The lowest BCUT2D eigenvalue weighted by Gasteiger charge is -2.39. The van der Waals surface area contributed by atoms with Crippen molar-refractivity contribution in [2.75, 3.05) is 13.7 Å². The van der Waals surface area contributed by atoms with E-state index in [1.807, 2.05) is 17.2 Å². The van der Waals surface area contributed by atoms with Gasteiger partial charge in [-0.2, -0.15) is 10.2 Å². The summed E-state index contributed by atoms with van der Waals surface area (Å²) in [5.74, 6) is -0.536. The molecule has 2 aliphatic rings. The number of aliphatic hydroxyl groups is 1. The first kappa shape index (κ1) is 28.6. The van der Waals surface area contributed by atoms with Crippen LogP contribution >= 0.6 is 0 Å². The molecule has 4 unspecified atom stereocenters. The number of carbonyl (C=O) groups is 1. The van der Waals surface area contributed by atoms with Crippen LogP contribution in [0.2, 0.25) is 0 Å². The third kappa shape index (κ3) is 5.26. The molecule has 1 aromatic heterocycles. The van der Waals surface area contributed by atoms with Gasteiger partial charge in [0.1, 0.15) is 17.7 Å². The number of nitrogens with two attached hydrogens (primary N) is 1. The monoisotopic (exact) mass is 552 g/mol. The van der Waals surface area contributed by atoms with Gasteiger partial charge in [-0.15, -0.1) is 0 Å². The number of nitrogens with one attached hydrogen (secondary N) is 2. The second kappa shape index (κ2) is 10.8. The first-order valence-corrected chi connectivity index (χ1v) is 14.0. The van der Waals surface area contributed by atoms with Gasteiger partial charge in [0.05, 0.1) is 24.1 Å². The average molecular weight is 553 g/mol. The van der Waals surface area contributed by atoms with Crippen LogP contribution in [0.5, 0.6) is 0 Å². The van der Waals surface area contributed by atoms with Crippen LogP contribution in [0.1, 0.15) is 76.8 Å². The quantitative estimate of drug-likeness (QED) is 0.329. The van der Waals surface area contributed by atoms with Crippen molar-refractivity contribution in [3.63, 3.8) is 0 Å². The zero-order chi connectivity index (χ0) is 28.8. The van der Waals surface area contributed by atoms with Crippen LogP contribution in [0.3, 0.4) is 0 Å². The number of piperidine rings is 1. The van der Waals surface area contributed by atoms with Crippen LogP contribution in [0.4, 0.5) is 4.39 Å². The minimum absolute atomic E-state index is 0.0132. The summed E-state index contributed by atoms with van der Waals surface area (Å²) in [5, 5.41) is 23.9. The van der Waals surface area contributed by atoms with E-state index in [0.29, 0.717) is 29.7 Å². The number of aromatic nitrogens is 2. The molecule has 216 valence electrons. The maximum atomic E-state index is 15.4. The largest absolute Gasteiger partial charge is 0.374 e. The fraction of sp³-hybridized carbons (Fsp3) is 0.533. The Bertz CT molecular complexity index is 1390. The normalized spacial score (nSPS) is 25.2. The highest BCUT2D eigenvalue weighted by molar-refractivity contribution is 5.82. The first-order chi connectivity index (χ1) is 18.9. The molecule has 9 nitrogen and oxygen atoms in total. The predicted molar refractivity (Wildman–Crippen MR) is 152 cm³/mol. The van der Waals surface area contributed by atoms with E-state index in [1.54, 1.807) is 37.6 Å². The van der Waals surface area contributed by atoms with Gasteiger partial charge in [-0.3, -0.25) is 4.79 Å². The van der Waals surface area contributed by atoms with E-state index in [9.17, 15) is 9.90 Å². The summed E-state index contributed by atoms with van der Waals surface area (Å²) in [4.78, 5) is 18.9. The number of hydrogen-bond acceptors (Lipinski definition) is 7. The smallest absolute Gasteiger partial charge is 0.225 e. The zero-order valence-corrected chi connectivity index (χ0v) is 23.9. The number of aliphatic hydroxyl groups excluding tert-OH is 1. The summed E-state index contributed by atoms with van der Waals surface area (Å²) in [6.45, 7) is 8.81. The highest BCUT2D eigenvalue weighted by atomic mass is 19.1. The van der Waals surface area contributed by atoms with Crippen molar-refractivity contribution < 1.29 is 19.1 Å². The summed E-state index contributed by atoms with van der Waals surface area (Å²) >= 11 is 0. The Morgan fingerprint density at radius 3 is 2.73 bits per heavy atom. The lowest BCUT2D eigenvalue weighted by Crippen LogP contribution is -2.52. The van der Waals surface area contributed by atoms with Crippen LogP contribution in [-0.2, 0) is 9.63 Å². The van der Waals surface area contributed by atoms with E-state index in [0.717, 1.165) is 30.2 Å². The third-order valence-corrected chi connectivity index (χ3v) is 8.64. The van der Waals surface area contributed by atoms with Crippen molar-refractivity contribution in [2.24, 2.45) is 11.7 Å². The minimum Gasteiger partial charge on any atom is -0.374 e. The second-order valence-corrected chi connectivity index (χ2v) is 12.3. The molecular weight excluding hydrogens is 511 g/mol. The summed E-state index contributed by atoms with van der Waals surface area (Å²) in [7, 11) is 1.66. The van der Waals surface area contributed by atoms with E-state index >= 15 is 4.39 Å². The Balaban J connectivity index is 1.25. The fourth-order valence-electron chi connectivity index (χ4n) is 6.80. The van der Waals surface area contributed by atoms with Crippen molar-refractivity contribution in [2.45, 2.75) is 82.8 Å². The molecule has 5 N–H and O–H groups in total. The molecule has 40 heavy (non-hydrogen) atoms. The molecule has 10 heteroatoms. The Labute approximate surface area is 234 Å². The predicted octanol–water partition coefficient (Wildman–Crippen LogP) is 3.85. The number of rotatable bonds is 7. The van der Waals surface area contributed by atoms with Gasteiger partial charge >= 0.3 is 0 Å². The van der Waals surface area contributed by atoms with Gasteiger partial charge in [0, 0.05) is 41.3 Å². The van der Waals surface area contributed by atoms with Gasteiger partial charge in [0.2, 0.25) is 5.91 Å². The molecule has 0 saturated carbocycles. The molecule has 4 atom stereocenters. The van der Waals surface area contributed by atoms with E-state index in [2.05, 4.69) is 43.4 Å². The van der Waals surface area contributed by atoms with Crippen LogP contribution in [0.25, 0.3) is 16.6 Å². The Kier molecular flexibility index (Phi) is 7.75. The molecule has 2 aliphatic heterocycles. The van der Waals surface area contributed by atoms with Crippen LogP contribution < -0.4 is 16.4 Å². The summed E-state index contributed by atoms with van der Waals surface area (Å²) in [5.41, 5.74) is 7.24. The van der Waals surface area contributed by atoms with Gasteiger partial charge in [-0.25, -0.2) is 9.07 Å². The Morgan fingerprint density at radius 2 is 2.05 bits per heavy atom. The summed E-state index contributed by atoms with van der Waals surface area (Å²) in [6.07, 6.45) is 4.10. The van der Waals surface area contributed by atoms with Crippen molar-refractivity contribution in [1.82, 2.24) is 25.5 Å². The molecular formula is C30H41FN6O3. The zero-order valence-electron chi connectivity index (χ0n) is 23.9. The number of hydrogen-bond donors (Lipinski definition) is 4. The summed E-state index contributed by atoms with van der Waals surface area (Å²) < 4.78 is 16.8. The molecule has 2 fully saturated rings. The molecule has 3 aromatic rings. The maximum Gasteiger partial charge on any atom is 0.225 e. The topological polar surface area (TPSA) is 118 Å². The van der Waals surface area contributed by atoms with Crippen molar-refractivity contribution >= 4 is 16.8 Å². The van der Waals surface area contributed by atoms with Gasteiger partial charge < -0.3 is 26.3 Å². The number of halogens is 1. The SMILES string of the molecule is CON1C(C)(C)CC(C(=O)NCC2CCCC(c3ccc(-n4cc5cccc(C(N)O)c5n4)c(F)c3)N2)C1(C)C. The number of hydroxylamine groups is 2. The third-order valence-electron chi connectivity index (χ3n) is 8.64. The van der Waals surface area contributed by atoms with E-state index in [4.69, 9.17) is 10.6 Å². The molecule has 2 saturated heterocycles. The van der Waals surface area contributed by atoms with E-state index in [-0.39, 0.29) is 35.3 Å². The molecule has 0 spiro atoms. The highest BCUT2D eigenvalue weighted by Gasteiger charge is 2.55. The van der Waals surface area contributed by atoms with Gasteiger partial charge in [0.15, 0.2) is 0 Å². The number of amides is 1. The average Bonchev–Trinajstić information content (AvgIpc) is 3.42. The molecule has 3 heterocycles. The van der Waals surface area contributed by atoms with E-state index < -0.39 is 11.8 Å². The van der Waals surface area contributed by atoms with Crippen LogP contribution in [-0.4, -0.2) is 56.6 Å². The van der Waals surface area contributed by atoms with Crippen molar-refractivity contribution in [3.05, 3.63) is 59.5 Å². The number of nitrogens with zero attached hydrogens (tertiary/aromatic N) is 3.